The highest BCUT2D eigenvalue weighted by Crippen LogP contribution is 2.26. The Morgan fingerprint density at radius 3 is 2.41 bits per heavy atom. The summed E-state index contributed by atoms with van der Waals surface area (Å²) in [5.74, 6) is -0.510. The van der Waals surface area contributed by atoms with Gasteiger partial charge in [0.15, 0.2) is 0 Å². The number of nitrogens with zero attached hydrogens (tertiary/aromatic N) is 2. The molecule has 4 heteroatoms. The number of aliphatic imine (C=N–C) groups is 1. The third kappa shape index (κ3) is 3.16. The molecule has 0 aromatic heterocycles. The normalized spacial score (nSPS) is 15.0. The summed E-state index contributed by atoms with van der Waals surface area (Å²) in [7, 11) is 0. The van der Waals surface area contributed by atoms with Gasteiger partial charge in [-0.05, 0) is 67.3 Å². The summed E-state index contributed by atoms with van der Waals surface area (Å²) in [6.07, 6.45) is 3.86. The lowest BCUT2D eigenvalue weighted by molar-refractivity contribution is 0.622. The van der Waals surface area contributed by atoms with Gasteiger partial charge in [-0.2, -0.15) is 0 Å². The highest BCUT2D eigenvalue weighted by Gasteiger charge is 2.17. The summed E-state index contributed by atoms with van der Waals surface area (Å²) in [6, 6.07) is 9.31. The van der Waals surface area contributed by atoms with Crippen molar-refractivity contribution in [1.29, 1.82) is 0 Å². The number of aryl methyl sites for hydroxylation is 1. The Bertz CT molecular complexity index is 687. The number of halogens is 2. The molecule has 22 heavy (non-hydrogen) atoms. The monoisotopic (exact) mass is 300 g/mol. The van der Waals surface area contributed by atoms with Gasteiger partial charge in [0.05, 0.1) is 11.4 Å². The zero-order valence-electron chi connectivity index (χ0n) is 12.5. The first-order chi connectivity index (χ1) is 10.6. The Labute approximate surface area is 129 Å². The molecule has 2 nitrogen and oxygen atoms in total. The molecule has 0 bridgehead atoms. The van der Waals surface area contributed by atoms with Crippen LogP contribution in [0, 0.1) is 18.6 Å². The fraction of sp³-hybridized carbons (Fsp3) is 0.278. The average Bonchev–Trinajstić information content (AvgIpc) is 3.03. The molecule has 0 unspecified atom stereocenters. The van der Waals surface area contributed by atoms with Crippen LogP contribution in [0.2, 0.25) is 0 Å². The van der Waals surface area contributed by atoms with Crippen LogP contribution in [-0.4, -0.2) is 19.3 Å². The minimum Gasteiger partial charge on any atom is -0.369 e. The fourth-order valence-electron chi connectivity index (χ4n) is 2.69. The maximum Gasteiger partial charge on any atom is 0.147 e. The van der Waals surface area contributed by atoms with Gasteiger partial charge in [-0.3, -0.25) is 4.99 Å². The summed E-state index contributed by atoms with van der Waals surface area (Å²) >= 11 is 0. The molecule has 0 spiro atoms. The van der Waals surface area contributed by atoms with Crippen LogP contribution in [0.5, 0.6) is 0 Å². The first-order valence-electron chi connectivity index (χ1n) is 7.48. The van der Waals surface area contributed by atoms with Crippen LogP contribution in [-0.2, 0) is 0 Å². The largest absolute Gasteiger partial charge is 0.369 e. The van der Waals surface area contributed by atoms with Gasteiger partial charge in [0.2, 0.25) is 0 Å². The number of hydrogen-bond donors (Lipinski definition) is 0. The van der Waals surface area contributed by atoms with Crippen LogP contribution in [0.25, 0.3) is 0 Å². The molecule has 0 radical (unpaired) electrons. The van der Waals surface area contributed by atoms with Crippen LogP contribution in [0.1, 0.15) is 24.0 Å². The summed E-state index contributed by atoms with van der Waals surface area (Å²) in [6.45, 7) is 3.78. The molecule has 1 heterocycles. The van der Waals surface area contributed by atoms with Gasteiger partial charge in [-0.15, -0.1) is 0 Å². The van der Waals surface area contributed by atoms with E-state index in [9.17, 15) is 8.78 Å². The van der Waals surface area contributed by atoms with Crippen molar-refractivity contribution in [3.63, 3.8) is 0 Å². The van der Waals surface area contributed by atoms with E-state index >= 15 is 0 Å². The summed E-state index contributed by atoms with van der Waals surface area (Å²) in [5, 5.41) is 0. The second kappa shape index (κ2) is 6.26. The number of hydrogen-bond acceptors (Lipinski definition) is 2. The Hall–Kier alpha value is -2.23. The minimum atomic E-state index is -0.295. The molecule has 3 rings (SSSR count). The number of benzene rings is 2. The summed E-state index contributed by atoms with van der Waals surface area (Å²) < 4.78 is 27.2. The molecule has 1 fully saturated rings. The second-order valence-electron chi connectivity index (χ2n) is 5.59. The van der Waals surface area contributed by atoms with Gasteiger partial charge in [0.25, 0.3) is 0 Å². The van der Waals surface area contributed by atoms with Crippen molar-refractivity contribution in [3.05, 3.63) is 59.2 Å². The molecule has 0 N–H and O–H groups in total. The predicted octanol–water partition coefficient (Wildman–Crippen LogP) is 4.62. The third-order valence-corrected chi connectivity index (χ3v) is 3.96. The summed E-state index contributed by atoms with van der Waals surface area (Å²) in [5.41, 5.74) is 3.04. The second-order valence-corrected chi connectivity index (χ2v) is 5.59. The van der Waals surface area contributed by atoms with Crippen molar-refractivity contribution in [2.75, 3.05) is 18.0 Å². The maximum atomic E-state index is 14.3. The van der Waals surface area contributed by atoms with E-state index in [2.05, 4.69) is 9.89 Å². The molecule has 1 aliphatic rings. The van der Waals surface area contributed by atoms with Crippen LogP contribution in [0.4, 0.5) is 20.2 Å². The highest BCUT2D eigenvalue weighted by molar-refractivity contribution is 5.84. The van der Waals surface area contributed by atoms with Crippen LogP contribution >= 0.6 is 0 Å². The van der Waals surface area contributed by atoms with Gasteiger partial charge >= 0.3 is 0 Å². The van der Waals surface area contributed by atoms with E-state index in [1.807, 2.05) is 13.0 Å². The van der Waals surface area contributed by atoms with Gasteiger partial charge in [0, 0.05) is 19.3 Å². The standard InChI is InChI=1S/C18H18F2N2/c1-13-10-18(22-8-2-3-9-22)17(20)11-14(13)12-21-16-6-4-15(19)5-7-16/h4-7,10-12H,2-3,8-9H2,1H3. The van der Waals surface area contributed by atoms with E-state index in [0.29, 0.717) is 11.4 Å². The first kappa shape index (κ1) is 14.7. The zero-order chi connectivity index (χ0) is 15.5. The Kier molecular flexibility index (Phi) is 4.18. The van der Waals surface area contributed by atoms with E-state index in [0.717, 1.165) is 37.1 Å². The van der Waals surface area contributed by atoms with Crippen molar-refractivity contribution in [2.45, 2.75) is 19.8 Å². The molecule has 1 aliphatic heterocycles. The van der Waals surface area contributed by atoms with Crippen molar-refractivity contribution < 1.29 is 8.78 Å². The number of anilines is 1. The third-order valence-electron chi connectivity index (χ3n) is 3.96. The zero-order valence-corrected chi connectivity index (χ0v) is 12.5. The van der Waals surface area contributed by atoms with Crippen molar-refractivity contribution in [3.8, 4) is 0 Å². The van der Waals surface area contributed by atoms with Crippen LogP contribution < -0.4 is 4.90 Å². The molecular formula is C18H18F2N2. The van der Waals surface area contributed by atoms with Gasteiger partial charge < -0.3 is 4.90 Å². The molecule has 0 saturated carbocycles. The number of rotatable bonds is 3. The Morgan fingerprint density at radius 1 is 1.05 bits per heavy atom. The molecule has 0 atom stereocenters. The molecule has 1 saturated heterocycles. The molecule has 2 aromatic rings. The molecule has 2 aromatic carbocycles. The van der Waals surface area contributed by atoms with Crippen LogP contribution in [0.3, 0.4) is 0 Å². The lowest BCUT2D eigenvalue weighted by Crippen LogP contribution is -2.19. The van der Waals surface area contributed by atoms with Crippen molar-refractivity contribution >= 4 is 17.6 Å². The Balaban J connectivity index is 1.85. The Morgan fingerprint density at radius 2 is 1.73 bits per heavy atom. The van der Waals surface area contributed by atoms with E-state index in [1.165, 1.54) is 18.2 Å². The molecule has 0 amide bonds. The lowest BCUT2D eigenvalue weighted by atomic mass is 10.1. The minimum absolute atomic E-state index is 0.215. The molecule has 114 valence electrons. The van der Waals surface area contributed by atoms with Gasteiger partial charge in [-0.25, -0.2) is 8.78 Å². The van der Waals surface area contributed by atoms with Crippen LogP contribution in [0.15, 0.2) is 41.4 Å². The molecular weight excluding hydrogens is 282 g/mol. The van der Waals surface area contributed by atoms with E-state index in [1.54, 1.807) is 18.3 Å². The van der Waals surface area contributed by atoms with E-state index in [-0.39, 0.29) is 11.6 Å². The SMILES string of the molecule is Cc1cc(N2CCCC2)c(F)cc1C=Nc1ccc(F)cc1. The predicted molar refractivity (Wildman–Crippen MR) is 86.2 cm³/mol. The van der Waals surface area contributed by atoms with E-state index in [4.69, 9.17) is 0 Å². The topological polar surface area (TPSA) is 15.6 Å². The van der Waals surface area contributed by atoms with E-state index < -0.39 is 0 Å². The van der Waals surface area contributed by atoms with Gasteiger partial charge in [0.1, 0.15) is 11.6 Å². The van der Waals surface area contributed by atoms with Gasteiger partial charge in [-0.1, -0.05) is 0 Å². The lowest BCUT2D eigenvalue weighted by Gasteiger charge is -2.19. The fourth-order valence-corrected chi connectivity index (χ4v) is 2.69. The van der Waals surface area contributed by atoms with Crippen molar-refractivity contribution in [1.82, 2.24) is 0 Å². The van der Waals surface area contributed by atoms with Crippen molar-refractivity contribution in [2.24, 2.45) is 4.99 Å². The average molecular weight is 300 g/mol. The molecule has 0 aliphatic carbocycles. The highest BCUT2D eigenvalue weighted by atomic mass is 19.1. The smallest absolute Gasteiger partial charge is 0.147 e. The quantitative estimate of drug-likeness (QED) is 0.755. The first-order valence-corrected chi connectivity index (χ1v) is 7.48. The summed E-state index contributed by atoms with van der Waals surface area (Å²) in [4.78, 5) is 6.36. The maximum absolute atomic E-state index is 14.3.